The largest absolute Gasteiger partial charge is 0.494 e. The summed E-state index contributed by atoms with van der Waals surface area (Å²) in [4.78, 5) is 12.8. The van der Waals surface area contributed by atoms with E-state index >= 15 is 0 Å². The van der Waals surface area contributed by atoms with Crippen molar-refractivity contribution in [3.63, 3.8) is 0 Å². The lowest BCUT2D eigenvalue weighted by atomic mass is 10.1. The lowest BCUT2D eigenvalue weighted by Crippen LogP contribution is -2.09. The maximum atomic E-state index is 12.8. The fourth-order valence-electron chi connectivity index (χ4n) is 5.89. The molecule has 3 aromatic carbocycles. The van der Waals surface area contributed by atoms with Crippen LogP contribution < -0.4 is 9.47 Å². The van der Waals surface area contributed by atoms with E-state index in [4.69, 9.17) is 14.2 Å². The summed E-state index contributed by atoms with van der Waals surface area (Å²) in [6.45, 7) is 8.14. The summed E-state index contributed by atoms with van der Waals surface area (Å²) in [5.74, 6) is 1.07. The molecule has 1 atom stereocenters. The molecule has 0 amide bonds. The number of unbranched alkanes of at least 4 members (excludes halogenated alkanes) is 16. The van der Waals surface area contributed by atoms with Crippen molar-refractivity contribution in [1.82, 2.24) is 0 Å². The van der Waals surface area contributed by atoms with Gasteiger partial charge in [-0.1, -0.05) is 153 Å². The van der Waals surface area contributed by atoms with Crippen molar-refractivity contribution in [2.24, 2.45) is 0 Å². The molecule has 0 aromatic heterocycles. The maximum absolute atomic E-state index is 12.8. The second kappa shape index (κ2) is 24.1. The zero-order valence-corrected chi connectivity index (χ0v) is 29.8. The zero-order chi connectivity index (χ0) is 33.4. The molecule has 258 valence electrons. The van der Waals surface area contributed by atoms with Gasteiger partial charge in [0.2, 0.25) is 0 Å². The smallest absolute Gasteiger partial charge is 0.343 e. The Morgan fingerprint density at radius 3 is 1.43 bits per heavy atom. The van der Waals surface area contributed by atoms with Gasteiger partial charge in [-0.05, 0) is 72.9 Å². The van der Waals surface area contributed by atoms with Crippen molar-refractivity contribution >= 4 is 5.97 Å². The molecular formula is C43H62O4. The first kappa shape index (κ1) is 38.3. The minimum absolute atomic E-state index is 0.00136. The van der Waals surface area contributed by atoms with E-state index in [-0.39, 0.29) is 12.1 Å². The molecule has 1 unspecified atom stereocenters. The van der Waals surface area contributed by atoms with Crippen LogP contribution in [-0.4, -0.2) is 19.2 Å². The number of carbonyl (C=O) groups is 1. The standard InChI is InChI=1S/C43H62O4/c1-4-6-8-10-12-13-14-15-17-18-20-34-45-36(3)37-22-24-40(25-23-37)43(44)47-42-32-28-39(29-33-42)38-26-30-41(31-27-38)46-35-21-19-16-11-9-7-5-2/h22-33,36H,4-21,34-35H2,1-3H3. The van der Waals surface area contributed by atoms with Gasteiger partial charge in [-0.3, -0.25) is 0 Å². The van der Waals surface area contributed by atoms with Crippen LogP contribution in [-0.2, 0) is 4.74 Å². The van der Waals surface area contributed by atoms with E-state index in [0.29, 0.717) is 11.3 Å². The van der Waals surface area contributed by atoms with Crippen LogP contribution in [0, 0.1) is 0 Å². The molecule has 0 aliphatic rings. The number of hydrogen-bond acceptors (Lipinski definition) is 4. The van der Waals surface area contributed by atoms with Gasteiger partial charge in [0.1, 0.15) is 11.5 Å². The number of benzene rings is 3. The van der Waals surface area contributed by atoms with Gasteiger partial charge >= 0.3 is 5.97 Å². The second-order valence-corrected chi connectivity index (χ2v) is 13.1. The molecule has 0 fully saturated rings. The zero-order valence-electron chi connectivity index (χ0n) is 29.8. The van der Waals surface area contributed by atoms with Crippen LogP contribution in [0.25, 0.3) is 11.1 Å². The van der Waals surface area contributed by atoms with E-state index in [1.54, 1.807) is 0 Å². The van der Waals surface area contributed by atoms with Crippen LogP contribution in [0.5, 0.6) is 11.5 Å². The normalized spacial score (nSPS) is 11.8. The molecule has 3 rings (SSSR count). The first-order valence-corrected chi connectivity index (χ1v) is 18.9. The predicted molar refractivity (Wildman–Crippen MR) is 198 cm³/mol. The van der Waals surface area contributed by atoms with Gasteiger partial charge in [-0.2, -0.15) is 0 Å². The Labute approximate surface area is 286 Å². The van der Waals surface area contributed by atoms with Crippen LogP contribution >= 0.6 is 0 Å². The average molecular weight is 643 g/mol. The average Bonchev–Trinajstić information content (AvgIpc) is 3.10. The Morgan fingerprint density at radius 2 is 0.936 bits per heavy atom. The molecule has 0 saturated carbocycles. The summed E-state index contributed by atoms with van der Waals surface area (Å²) >= 11 is 0. The highest BCUT2D eigenvalue weighted by molar-refractivity contribution is 5.91. The van der Waals surface area contributed by atoms with Crippen molar-refractivity contribution in [3.8, 4) is 22.6 Å². The molecule has 0 radical (unpaired) electrons. The molecule has 47 heavy (non-hydrogen) atoms. The van der Waals surface area contributed by atoms with Crippen LogP contribution in [0.15, 0.2) is 72.8 Å². The molecule has 0 aliphatic carbocycles. The SMILES string of the molecule is CCCCCCCCCCCCCOC(C)c1ccc(C(=O)Oc2ccc(-c3ccc(OCCCCCCCCC)cc3)cc2)cc1. The molecule has 3 aromatic rings. The van der Waals surface area contributed by atoms with Gasteiger partial charge in [0.15, 0.2) is 0 Å². The first-order valence-electron chi connectivity index (χ1n) is 18.9. The highest BCUT2D eigenvalue weighted by Crippen LogP contribution is 2.26. The Kier molecular flexibility index (Phi) is 19.7. The van der Waals surface area contributed by atoms with Crippen LogP contribution in [0.2, 0.25) is 0 Å². The van der Waals surface area contributed by atoms with Crippen molar-refractivity contribution in [1.29, 1.82) is 0 Å². The third-order valence-electron chi connectivity index (χ3n) is 9.00. The maximum Gasteiger partial charge on any atom is 0.343 e. The lowest BCUT2D eigenvalue weighted by molar-refractivity contribution is 0.0626. The number of esters is 1. The minimum atomic E-state index is -0.360. The number of ether oxygens (including phenoxy) is 3. The highest BCUT2D eigenvalue weighted by Gasteiger charge is 2.12. The van der Waals surface area contributed by atoms with E-state index in [1.807, 2.05) is 60.7 Å². The summed E-state index contributed by atoms with van der Waals surface area (Å²) in [7, 11) is 0. The summed E-state index contributed by atoms with van der Waals surface area (Å²) in [5, 5.41) is 0. The summed E-state index contributed by atoms with van der Waals surface area (Å²) < 4.78 is 17.7. The quantitative estimate of drug-likeness (QED) is 0.0496. The monoisotopic (exact) mass is 642 g/mol. The molecule has 0 bridgehead atoms. The topological polar surface area (TPSA) is 44.8 Å². The number of hydrogen-bond donors (Lipinski definition) is 0. The number of carbonyl (C=O) groups excluding carboxylic acids is 1. The van der Waals surface area contributed by atoms with Crippen LogP contribution in [0.4, 0.5) is 0 Å². The van der Waals surface area contributed by atoms with E-state index < -0.39 is 0 Å². The molecule has 0 saturated heterocycles. The molecule has 0 heterocycles. The van der Waals surface area contributed by atoms with Gasteiger partial charge < -0.3 is 14.2 Å². The fourth-order valence-corrected chi connectivity index (χ4v) is 5.89. The van der Waals surface area contributed by atoms with Crippen molar-refractivity contribution in [3.05, 3.63) is 83.9 Å². The summed E-state index contributed by atoms with van der Waals surface area (Å²) in [6, 6.07) is 23.4. The summed E-state index contributed by atoms with van der Waals surface area (Å²) in [6.07, 6.45) is 23.6. The Bertz CT molecular complexity index is 1200. The molecule has 4 nitrogen and oxygen atoms in total. The fraction of sp³-hybridized carbons (Fsp3) is 0.558. The van der Waals surface area contributed by atoms with E-state index in [1.165, 1.54) is 103 Å². The Balaban J connectivity index is 1.31. The molecule has 0 N–H and O–H groups in total. The number of rotatable bonds is 26. The van der Waals surface area contributed by atoms with Crippen molar-refractivity contribution in [2.45, 2.75) is 142 Å². The van der Waals surface area contributed by atoms with E-state index in [0.717, 1.165) is 48.5 Å². The van der Waals surface area contributed by atoms with Gasteiger partial charge in [0.25, 0.3) is 0 Å². The minimum Gasteiger partial charge on any atom is -0.494 e. The lowest BCUT2D eigenvalue weighted by Gasteiger charge is -2.14. The molecular weight excluding hydrogens is 580 g/mol. The van der Waals surface area contributed by atoms with Gasteiger partial charge in [0.05, 0.1) is 18.3 Å². The van der Waals surface area contributed by atoms with Crippen LogP contribution in [0.3, 0.4) is 0 Å². The van der Waals surface area contributed by atoms with Crippen molar-refractivity contribution < 1.29 is 19.0 Å². The third-order valence-corrected chi connectivity index (χ3v) is 9.00. The van der Waals surface area contributed by atoms with Crippen molar-refractivity contribution in [2.75, 3.05) is 13.2 Å². The summed E-state index contributed by atoms with van der Waals surface area (Å²) in [5.41, 5.74) is 3.77. The molecule has 0 spiro atoms. The van der Waals surface area contributed by atoms with Crippen LogP contribution in [0.1, 0.15) is 158 Å². The second-order valence-electron chi connectivity index (χ2n) is 13.1. The Hall–Kier alpha value is -3.11. The third kappa shape index (κ3) is 16.0. The highest BCUT2D eigenvalue weighted by atomic mass is 16.5. The molecule has 4 heteroatoms. The van der Waals surface area contributed by atoms with Gasteiger partial charge in [-0.25, -0.2) is 4.79 Å². The van der Waals surface area contributed by atoms with E-state index in [9.17, 15) is 4.79 Å². The van der Waals surface area contributed by atoms with Gasteiger partial charge in [-0.15, -0.1) is 0 Å². The predicted octanol–water partition coefficient (Wildman–Crippen LogP) is 13.1. The van der Waals surface area contributed by atoms with Gasteiger partial charge in [0, 0.05) is 6.61 Å². The molecule has 0 aliphatic heterocycles. The first-order chi connectivity index (χ1) is 23.1. The Morgan fingerprint density at radius 1 is 0.511 bits per heavy atom. The van der Waals surface area contributed by atoms with E-state index in [2.05, 4.69) is 32.9 Å².